The van der Waals surface area contributed by atoms with Gasteiger partial charge in [-0.1, -0.05) is 11.6 Å². The van der Waals surface area contributed by atoms with Crippen LogP contribution in [0.25, 0.3) is 0 Å². The summed E-state index contributed by atoms with van der Waals surface area (Å²) in [4.78, 5) is 20.7. The van der Waals surface area contributed by atoms with Gasteiger partial charge in [0.1, 0.15) is 4.90 Å². The summed E-state index contributed by atoms with van der Waals surface area (Å²) in [5.41, 5.74) is -1.06. The first-order valence-corrected chi connectivity index (χ1v) is 6.78. The van der Waals surface area contributed by atoms with E-state index in [0.717, 1.165) is 6.07 Å². The van der Waals surface area contributed by atoms with Crippen LogP contribution in [0.5, 0.6) is 0 Å². The van der Waals surface area contributed by atoms with E-state index in [0.29, 0.717) is 6.07 Å². The van der Waals surface area contributed by atoms with Crippen molar-refractivity contribution >= 4 is 33.3 Å². The fraction of sp³-hybridized carbons (Fsp3) is 0.222. The number of esters is 1. The lowest BCUT2D eigenvalue weighted by atomic mass is 10.2. The van der Waals surface area contributed by atoms with Gasteiger partial charge in [0.2, 0.25) is 10.0 Å². The van der Waals surface area contributed by atoms with Gasteiger partial charge >= 0.3 is 5.97 Å². The molecule has 1 aromatic carbocycles. The molecule has 0 saturated carbocycles. The van der Waals surface area contributed by atoms with Crippen molar-refractivity contribution in [3.63, 3.8) is 0 Å². The maximum absolute atomic E-state index is 11.6. The minimum Gasteiger partial charge on any atom is -0.462 e. The van der Waals surface area contributed by atoms with Crippen LogP contribution in [0.4, 0.5) is 5.69 Å². The molecular weight excluding hydrogens is 300 g/mol. The molecule has 0 heterocycles. The number of benzene rings is 1. The molecule has 19 heavy (non-hydrogen) atoms. The summed E-state index contributed by atoms with van der Waals surface area (Å²) < 4.78 is 27.2. The third kappa shape index (κ3) is 3.40. The number of carbonyl (C=O) groups is 1. The van der Waals surface area contributed by atoms with Crippen molar-refractivity contribution in [3.8, 4) is 0 Å². The molecule has 0 amide bonds. The van der Waals surface area contributed by atoms with E-state index in [-0.39, 0.29) is 6.61 Å². The van der Waals surface area contributed by atoms with Crippen LogP contribution in [0.2, 0.25) is 5.02 Å². The number of halogens is 1. The maximum Gasteiger partial charge on any atom is 0.339 e. The molecule has 0 aliphatic rings. The van der Waals surface area contributed by atoms with Crippen molar-refractivity contribution in [1.29, 1.82) is 0 Å². The Bertz CT molecular complexity index is 642. The summed E-state index contributed by atoms with van der Waals surface area (Å²) in [5, 5.41) is 15.1. The van der Waals surface area contributed by atoms with E-state index >= 15 is 0 Å². The molecule has 1 rings (SSSR count). The Kier molecular flexibility index (Phi) is 4.45. The maximum atomic E-state index is 11.6. The fourth-order valence-corrected chi connectivity index (χ4v) is 2.41. The van der Waals surface area contributed by atoms with Gasteiger partial charge in [-0.3, -0.25) is 10.1 Å². The van der Waals surface area contributed by atoms with E-state index in [2.05, 4.69) is 4.74 Å². The number of nitrogens with zero attached hydrogens (tertiary/aromatic N) is 1. The average Bonchev–Trinajstić information content (AvgIpc) is 2.27. The summed E-state index contributed by atoms with van der Waals surface area (Å²) in [6.45, 7) is 1.52. The van der Waals surface area contributed by atoms with Crippen LogP contribution in [-0.4, -0.2) is 25.9 Å². The zero-order chi connectivity index (χ0) is 14.8. The predicted molar refractivity (Wildman–Crippen MR) is 65.4 cm³/mol. The Hall–Kier alpha value is -1.71. The molecule has 0 saturated heterocycles. The summed E-state index contributed by atoms with van der Waals surface area (Å²) in [6.07, 6.45) is 0. The molecule has 0 aromatic heterocycles. The van der Waals surface area contributed by atoms with Gasteiger partial charge in [-0.25, -0.2) is 18.4 Å². The second-order valence-corrected chi connectivity index (χ2v) is 5.24. The molecule has 8 nitrogen and oxygen atoms in total. The molecule has 0 aliphatic carbocycles. The number of sulfonamides is 1. The third-order valence-corrected chi connectivity index (χ3v) is 3.49. The molecule has 0 unspecified atom stereocenters. The van der Waals surface area contributed by atoms with E-state index in [1.165, 1.54) is 6.92 Å². The lowest BCUT2D eigenvalue weighted by Crippen LogP contribution is -2.15. The molecule has 0 spiro atoms. The van der Waals surface area contributed by atoms with Crippen LogP contribution >= 0.6 is 11.6 Å². The number of primary sulfonamides is 1. The topological polar surface area (TPSA) is 130 Å². The van der Waals surface area contributed by atoms with Crippen molar-refractivity contribution in [2.75, 3.05) is 6.61 Å². The second-order valence-electron chi connectivity index (χ2n) is 3.33. The molecular formula is C9H9ClN2O6S. The van der Waals surface area contributed by atoms with Gasteiger partial charge < -0.3 is 4.74 Å². The van der Waals surface area contributed by atoms with E-state index in [1.807, 2.05) is 0 Å². The molecule has 104 valence electrons. The monoisotopic (exact) mass is 308 g/mol. The number of nitrogens with two attached hydrogens (primary N) is 1. The number of hydrogen-bond donors (Lipinski definition) is 1. The largest absolute Gasteiger partial charge is 0.462 e. The molecule has 10 heteroatoms. The van der Waals surface area contributed by atoms with Crippen molar-refractivity contribution in [2.24, 2.45) is 5.14 Å². The smallest absolute Gasteiger partial charge is 0.339 e. The highest BCUT2D eigenvalue weighted by Crippen LogP contribution is 2.30. The molecule has 0 radical (unpaired) electrons. The number of nitro groups is 1. The molecule has 2 N–H and O–H groups in total. The van der Waals surface area contributed by atoms with Gasteiger partial charge in [-0.15, -0.1) is 0 Å². The minimum atomic E-state index is -4.30. The number of ether oxygens (including phenoxy) is 1. The van der Waals surface area contributed by atoms with E-state index in [1.54, 1.807) is 0 Å². The molecule has 0 bridgehead atoms. The van der Waals surface area contributed by atoms with Crippen LogP contribution in [0, 0.1) is 10.1 Å². The second kappa shape index (κ2) is 5.51. The highest BCUT2D eigenvalue weighted by Gasteiger charge is 2.25. The Morgan fingerprint density at radius 3 is 2.53 bits per heavy atom. The molecule has 0 fully saturated rings. The van der Waals surface area contributed by atoms with Crippen molar-refractivity contribution in [2.45, 2.75) is 11.8 Å². The predicted octanol–water partition coefficient (Wildman–Crippen LogP) is 1.07. The van der Waals surface area contributed by atoms with Crippen molar-refractivity contribution in [1.82, 2.24) is 0 Å². The standard InChI is InChI=1S/C9H9ClN2O6S/c1-2-18-9(13)6-3-5(12(14)15)4-7(8(6)10)19(11,16)17/h3-4H,2H2,1H3,(H2,11,16,17). The first-order chi connectivity index (χ1) is 8.68. The van der Waals surface area contributed by atoms with Gasteiger partial charge in [0.15, 0.2) is 0 Å². The van der Waals surface area contributed by atoms with Gasteiger partial charge in [0, 0.05) is 12.1 Å². The zero-order valence-corrected chi connectivity index (χ0v) is 11.2. The van der Waals surface area contributed by atoms with E-state index in [4.69, 9.17) is 16.7 Å². The van der Waals surface area contributed by atoms with Crippen LogP contribution in [0.15, 0.2) is 17.0 Å². The SMILES string of the molecule is CCOC(=O)c1cc([N+](=O)[O-])cc(S(N)(=O)=O)c1Cl. The first-order valence-electron chi connectivity index (χ1n) is 4.86. The van der Waals surface area contributed by atoms with Gasteiger partial charge in [-0.05, 0) is 6.92 Å². The fourth-order valence-electron chi connectivity index (χ4n) is 1.25. The van der Waals surface area contributed by atoms with Crippen molar-refractivity contribution in [3.05, 3.63) is 32.8 Å². The number of rotatable bonds is 4. The Balaban J connectivity index is 3.60. The van der Waals surface area contributed by atoms with Gasteiger partial charge in [-0.2, -0.15) is 0 Å². The Morgan fingerprint density at radius 2 is 2.11 bits per heavy atom. The van der Waals surface area contributed by atoms with E-state index in [9.17, 15) is 23.3 Å². The number of hydrogen-bond acceptors (Lipinski definition) is 6. The van der Waals surface area contributed by atoms with E-state index < -0.39 is 42.1 Å². The summed E-state index contributed by atoms with van der Waals surface area (Å²) in [7, 11) is -4.30. The number of non-ortho nitro benzene ring substituents is 1. The summed E-state index contributed by atoms with van der Waals surface area (Å²) in [5.74, 6) is -0.971. The first kappa shape index (κ1) is 15.3. The number of carbonyl (C=O) groups excluding carboxylic acids is 1. The van der Waals surface area contributed by atoms with Crippen molar-refractivity contribution < 1.29 is 22.9 Å². The Morgan fingerprint density at radius 1 is 1.53 bits per heavy atom. The normalized spacial score (nSPS) is 11.1. The minimum absolute atomic E-state index is 0.00254. The van der Waals surface area contributed by atoms with Gasteiger partial charge in [0.05, 0.1) is 22.1 Å². The molecule has 0 aliphatic heterocycles. The van der Waals surface area contributed by atoms with Crippen LogP contribution < -0.4 is 5.14 Å². The quantitative estimate of drug-likeness (QED) is 0.503. The van der Waals surface area contributed by atoms with Gasteiger partial charge in [0.25, 0.3) is 5.69 Å². The zero-order valence-electron chi connectivity index (χ0n) is 9.62. The Labute approximate surface area is 113 Å². The summed E-state index contributed by atoms with van der Waals surface area (Å²) >= 11 is 5.72. The van der Waals surface area contributed by atoms with Crippen LogP contribution in [0.3, 0.4) is 0 Å². The number of nitro benzene ring substituents is 1. The highest BCUT2D eigenvalue weighted by molar-refractivity contribution is 7.89. The highest BCUT2D eigenvalue weighted by atomic mass is 35.5. The molecule has 0 atom stereocenters. The van der Waals surface area contributed by atoms with Crippen LogP contribution in [-0.2, 0) is 14.8 Å². The third-order valence-electron chi connectivity index (χ3n) is 2.04. The van der Waals surface area contributed by atoms with Crippen LogP contribution in [0.1, 0.15) is 17.3 Å². The lowest BCUT2D eigenvalue weighted by Gasteiger charge is -2.07. The average molecular weight is 309 g/mol. The summed E-state index contributed by atoms with van der Waals surface area (Å²) in [6, 6.07) is 1.51. The molecule has 1 aromatic rings. The lowest BCUT2D eigenvalue weighted by molar-refractivity contribution is -0.385.